The van der Waals surface area contributed by atoms with Crippen molar-refractivity contribution in [2.45, 2.75) is 32.1 Å². The molecule has 0 spiro atoms. The Kier molecular flexibility index (Phi) is 4.31. The van der Waals surface area contributed by atoms with E-state index < -0.39 is 20.3 Å². The van der Waals surface area contributed by atoms with Crippen LogP contribution in [0.5, 0.6) is 5.75 Å². The molecule has 4 nitrogen and oxygen atoms in total. The van der Waals surface area contributed by atoms with E-state index in [4.69, 9.17) is 15.3 Å². The van der Waals surface area contributed by atoms with Gasteiger partial charge in [-0.2, -0.15) is 0 Å². The summed E-state index contributed by atoms with van der Waals surface area (Å²) in [5.74, 6) is -0.149. The quantitative estimate of drug-likeness (QED) is 0.786. The van der Waals surface area contributed by atoms with Gasteiger partial charge in [-0.3, -0.25) is 4.79 Å². The largest absolute Gasteiger partial charge is 0.544 e. The van der Waals surface area contributed by atoms with Gasteiger partial charge in [0, 0.05) is 0 Å². The maximum atomic E-state index is 10.6. The average molecular weight is 253 g/mol. The second-order valence-electron chi connectivity index (χ2n) is 5.01. The molecule has 0 aliphatic heterocycles. The van der Waals surface area contributed by atoms with Gasteiger partial charge in [-0.1, -0.05) is 12.1 Å². The molecular weight excluding hydrogens is 234 g/mol. The average Bonchev–Trinajstić information content (AvgIpc) is 2.18. The topological polar surface area (TPSA) is 72.5 Å². The first-order chi connectivity index (χ1) is 7.78. The number of aliphatic carboxylic acids is 1. The first kappa shape index (κ1) is 13.7. The second-order valence-corrected chi connectivity index (χ2v) is 9.44. The number of nitrogens with two attached hydrogens (primary N) is 1. The number of hydrogen-bond donors (Lipinski definition) is 2. The highest BCUT2D eigenvalue weighted by molar-refractivity contribution is 6.70. The number of carbonyl (C=O) groups is 1. The lowest BCUT2D eigenvalue weighted by Crippen LogP contribution is -2.32. The van der Waals surface area contributed by atoms with Gasteiger partial charge < -0.3 is 15.3 Å². The van der Waals surface area contributed by atoms with Gasteiger partial charge in [0.15, 0.2) is 0 Å². The molecule has 94 valence electrons. The lowest BCUT2D eigenvalue weighted by atomic mass is 10.1. The van der Waals surface area contributed by atoms with Crippen LogP contribution in [-0.2, 0) is 11.2 Å². The van der Waals surface area contributed by atoms with Crippen molar-refractivity contribution < 1.29 is 14.3 Å². The van der Waals surface area contributed by atoms with Crippen LogP contribution in [0.3, 0.4) is 0 Å². The summed E-state index contributed by atoms with van der Waals surface area (Å²) < 4.78 is 5.80. The van der Waals surface area contributed by atoms with E-state index >= 15 is 0 Å². The van der Waals surface area contributed by atoms with Crippen LogP contribution in [-0.4, -0.2) is 25.4 Å². The van der Waals surface area contributed by atoms with E-state index in [0.717, 1.165) is 11.3 Å². The normalized spacial score (nSPS) is 13.2. The molecule has 0 saturated carbocycles. The molecule has 1 rings (SSSR count). The maximum absolute atomic E-state index is 10.6. The lowest BCUT2D eigenvalue weighted by molar-refractivity contribution is -0.138. The molecule has 0 bridgehead atoms. The van der Waals surface area contributed by atoms with E-state index in [-0.39, 0.29) is 0 Å². The molecule has 0 heterocycles. The standard InChI is InChI=1S/C12H19NO3Si/c1-17(2,3)16-10-6-4-9(5-7-10)8-11(13)12(14)15/h4-7,11H,8,13H2,1-3H3,(H,14,15)/t11-/m0/s1. The highest BCUT2D eigenvalue weighted by atomic mass is 28.4. The minimum Gasteiger partial charge on any atom is -0.544 e. The molecule has 0 unspecified atom stereocenters. The summed E-state index contributed by atoms with van der Waals surface area (Å²) in [6.45, 7) is 6.34. The number of benzene rings is 1. The van der Waals surface area contributed by atoms with E-state index in [0.29, 0.717) is 6.42 Å². The molecule has 1 aromatic carbocycles. The van der Waals surface area contributed by atoms with Crippen LogP contribution in [0.4, 0.5) is 0 Å². The summed E-state index contributed by atoms with van der Waals surface area (Å²) in [5.41, 5.74) is 6.37. The molecule has 5 heteroatoms. The molecule has 1 aromatic rings. The molecule has 0 radical (unpaired) electrons. The zero-order valence-corrected chi connectivity index (χ0v) is 11.4. The van der Waals surface area contributed by atoms with Crippen LogP contribution in [0, 0.1) is 0 Å². The Labute approximate surface area is 103 Å². The van der Waals surface area contributed by atoms with Gasteiger partial charge in [0.25, 0.3) is 0 Å². The van der Waals surface area contributed by atoms with Crippen molar-refractivity contribution >= 4 is 14.3 Å². The van der Waals surface area contributed by atoms with Crippen LogP contribution in [0.25, 0.3) is 0 Å². The van der Waals surface area contributed by atoms with Crippen LogP contribution < -0.4 is 10.2 Å². The van der Waals surface area contributed by atoms with E-state index in [9.17, 15) is 4.79 Å². The highest BCUT2D eigenvalue weighted by Crippen LogP contribution is 2.17. The summed E-state index contributed by atoms with van der Waals surface area (Å²) in [6.07, 6.45) is 0.336. The molecular formula is C12H19NO3Si. The lowest BCUT2D eigenvalue weighted by Gasteiger charge is -2.19. The Hall–Kier alpha value is -1.33. The SMILES string of the molecule is C[Si](C)(C)Oc1ccc(C[C@H](N)C(=O)O)cc1. The van der Waals surface area contributed by atoms with Crippen LogP contribution >= 0.6 is 0 Å². The summed E-state index contributed by atoms with van der Waals surface area (Å²) in [4.78, 5) is 10.6. The van der Waals surface area contributed by atoms with Gasteiger partial charge in [0.2, 0.25) is 8.32 Å². The highest BCUT2D eigenvalue weighted by Gasteiger charge is 2.16. The van der Waals surface area contributed by atoms with Gasteiger partial charge >= 0.3 is 5.97 Å². The zero-order chi connectivity index (χ0) is 13.1. The zero-order valence-electron chi connectivity index (χ0n) is 10.4. The Morgan fingerprint density at radius 1 is 1.35 bits per heavy atom. The third-order valence-corrected chi connectivity index (χ3v) is 2.97. The van der Waals surface area contributed by atoms with Crippen LogP contribution in [0.2, 0.25) is 19.6 Å². The van der Waals surface area contributed by atoms with E-state index in [2.05, 4.69) is 19.6 Å². The van der Waals surface area contributed by atoms with Gasteiger partial charge in [-0.25, -0.2) is 0 Å². The molecule has 0 aromatic heterocycles. The van der Waals surface area contributed by atoms with Crippen molar-refractivity contribution in [2.75, 3.05) is 0 Å². The van der Waals surface area contributed by atoms with Crippen LogP contribution in [0.1, 0.15) is 5.56 Å². The summed E-state index contributed by atoms with van der Waals surface area (Å²) in [6, 6.07) is 6.60. The third-order valence-electron chi connectivity index (χ3n) is 2.12. The molecule has 0 saturated heterocycles. The maximum Gasteiger partial charge on any atom is 0.320 e. The van der Waals surface area contributed by atoms with Gasteiger partial charge in [-0.15, -0.1) is 0 Å². The van der Waals surface area contributed by atoms with Crippen LogP contribution in [0.15, 0.2) is 24.3 Å². The van der Waals surface area contributed by atoms with Gasteiger partial charge in [0.05, 0.1) is 0 Å². The number of hydrogen-bond acceptors (Lipinski definition) is 3. The fourth-order valence-electron chi connectivity index (χ4n) is 1.39. The minimum atomic E-state index is -1.58. The summed E-state index contributed by atoms with van der Waals surface area (Å²) >= 11 is 0. The Morgan fingerprint density at radius 3 is 2.29 bits per heavy atom. The molecule has 17 heavy (non-hydrogen) atoms. The second kappa shape index (κ2) is 5.33. The fourth-order valence-corrected chi connectivity index (χ4v) is 2.23. The number of carboxylic acids is 1. The van der Waals surface area contributed by atoms with E-state index in [1.807, 2.05) is 24.3 Å². The Balaban J connectivity index is 2.65. The first-order valence-electron chi connectivity index (χ1n) is 5.54. The van der Waals surface area contributed by atoms with E-state index in [1.54, 1.807) is 0 Å². The van der Waals surface area contributed by atoms with Crippen molar-refractivity contribution in [3.63, 3.8) is 0 Å². The Bertz CT molecular complexity index is 384. The predicted molar refractivity (Wildman–Crippen MR) is 69.7 cm³/mol. The Morgan fingerprint density at radius 2 is 1.88 bits per heavy atom. The first-order valence-corrected chi connectivity index (χ1v) is 8.95. The van der Waals surface area contributed by atoms with Crippen molar-refractivity contribution in [1.29, 1.82) is 0 Å². The van der Waals surface area contributed by atoms with Crippen molar-refractivity contribution in [1.82, 2.24) is 0 Å². The molecule has 0 amide bonds. The minimum absolute atomic E-state index is 0.336. The number of rotatable bonds is 5. The van der Waals surface area contributed by atoms with Crippen molar-refractivity contribution in [3.05, 3.63) is 29.8 Å². The van der Waals surface area contributed by atoms with E-state index in [1.165, 1.54) is 0 Å². The van der Waals surface area contributed by atoms with Crippen molar-refractivity contribution in [3.8, 4) is 5.75 Å². The molecule has 0 aliphatic carbocycles. The predicted octanol–water partition coefficient (Wildman–Crippen LogP) is 1.85. The molecule has 0 aliphatic rings. The fraction of sp³-hybridized carbons (Fsp3) is 0.417. The van der Waals surface area contributed by atoms with Crippen molar-refractivity contribution in [2.24, 2.45) is 5.73 Å². The number of carboxylic acid groups (broad SMARTS) is 1. The summed E-state index contributed by atoms with van der Waals surface area (Å²) in [7, 11) is -1.58. The summed E-state index contributed by atoms with van der Waals surface area (Å²) in [5, 5.41) is 8.71. The van der Waals surface area contributed by atoms with Gasteiger partial charge in [0.1, 0.15) is 11.8 Å². The smallest absolute Gasteiger partial charge is 0.320 e. The molecule has 3 N–H and O–H groups in total. The molecule has 0 fully saturated rings. The molecule has 1 atom stereocenters. The van der Waals surface area contributed by atoms with Gasteiger partial charge in [-0.05, 0) is 43.8 Å². The monoisotopic (exact) mass is 253 g/mol. The third kappa shape index (κ3) is 5.01.